The third-order valence-electron chi connectivity index (χ3n) is 2.56. The predicted octanol–water partition coefficient (Wildman–Crippen LogP) is 2.78. The minimum Gasteiger partial charge on any atom is -0.373 e. The van der Waals surface area contributed by atoms with Crippen molar-refractivity contribution in [3.05, 3.63) is 35.0 Å². The van der Waals surface area contributed by atoms with Crippen molar-refractivity contribution in [3.63, 3.8) is 0 Å². The quantitative estimate of drug-likeness (QED) is 0.881. The van der Waals surface area contributed by atoms with Crippen molar-refractivity contribution in [1.82, 2.24) is 9.97 Å². The summed E-state index contributed by atoms with van der Waals surface area (Å²) >= 11 is 1.40. The number of hydrogen-bond acceptors (Lipinski definition) is 5. The lowest BCUT2D eigenvalue weighted by molar-refractivity contribution is 0.102. The maximum absolute atomic E-state index is 12.1. The average Bonchev–Trinajstić information content (AvgIpc) is 2.91. The van der Waals surface area contributed by atoms with Crippen LogP contribution < -0.4 is 10.6 Å². The summed E-state index contributed by atoms with van der Waals surface area (Å²) in [7, 11) is 1.79. The van der Waals surface area contributed by atoms with Crippen LogP contribution in [-0.4, -0.2) is 22.9 Å². The molecule has 0 saturated heterocycles. The summed E-state index contributed by atoms with van der Waals surface area (Å²) in [5.41, 5.74) is 1.51. The first kappa shape index (κ1) is 13.5. The highest BCUT2D eigenvalue weighted by Gasteiger charge is 2.10. The lowest BCUT2D eigenvalue weighted by Gasteiger charge is -2.07. The van der Waals surface area contributed by atoms with Crippen molar-refractivity contribution in [2.24, 2.45) is 0 Å². The summed E-state index contributed by atoms with van der Waals surface area (Å²) in [6, 6.07) is 3.56. The van der Waals surface area contributed by atoms with E-state index in [1.165, 1.54) is 11.3 Å². The van der Waals surface area contributed by atoms with Crippen molar-refractivity contribution < 1.29 is 4.79 Å². The lowest BCUT2D eigenvalue weighted by atomic mass is 10.1. The second-order valence-corrected chi connectivity index (χ2v) is 4.92. The predicted molar refractivity (Wildman–Crippen MR) is 77.8 cm³/mol. The molecule has 5 nitrogen and oxygen atoms in total. The molecule has 0 bridgehead atoms. The molecule has 2 rings (SSSR count). The molecule has 0 aliphatic rings. The van der Waals surface area contributed by atoms with Gasteiger partial charge in [-0.25, -0.2) is 9.97 Å². The molecule has 19 heavy (non-hydrogen) atoms. The molecule has 2 N–H and O–H groups in total. The van der Waals surface area contributed by atoms with Gasteiger partial charge in [-0.15, -0.1) is 11.3 Å². The highest BCUT2D eigenvalue weighted by atomic mass is 32.1. The summed E-state index contributed by atoms with van der Waals surface area (Å²) in [5, 5.41) is 8.17. The van der Waals surface area contributed by atoms with E-state index in [1.54, 1.807) is 19.3 Å². The molecule has 0 unspecified atom stereocenters. The molecule has 0 radical (unpaired) electrons. The second kappa shape index (κ2) is 6.29. The normalized spacial score (nSPS) is 10.2. The molecule has 2 aromatic rings. The molecule has 2 heterocycles. The van der Waals surface area contributed by atoms with E-state index < -0.39 is 0 Å². The van der Waals surface area contributed by atoms with Crippen LogP contribution in [-0.2, 0) is 6.42 Å². The molecule has 0 aromatic carbocycles. The summed E-state index contributed by atoms with van der Waals surface area (Å²) in [4.78, 5) is 20.6. The maximum atomic E-state index is 12.1. The molecule has 0 saturated carbocycles. The first-order valence-corrected chi connectivity index (χ1v) is 7.00. The first-order valence-electron chi connectivity index (χ1n) is 6.12. The number of amides is 1. The van der Waals surface area contributed by atoms with Crippen LogP contribution in [0.1, 0.15) is 29.4 Å². The highest BCUT2D eigenvalue weighted by Crippen LogP contribution is 2.15. The van der Waals surface area contributed by atoms with Crippen LogP contribution in [0.3, 0.4) is 0 Å². The zero-order chi connectivity index (χ0) is 13.7. The third kappa shape index (κ3) is 3.51. The number of hydrogen-bond donors (Lipinski definition) is 2. The Bertz CT molecular complexity index is 554. The summed E-state index contributed by atoms with van der Waals surface area (Å²) < 4.78 is 0. The molecular weight excluding hydrogens is 260 g/mol. The van der Waals surface area contributed by atoms with Gasteiger partial charge in [0.25, 0.3) is 5.91 Å². The van der Waals surface area contributed by atoms with Crippen LogP contribution in [0.4, 0.5) is 10.9 Å². The minimum absolute atomic E-state index is 0.161. The number of aryl methyl sites for hydroxylation is 1. The Kier molecular flexibility index (Phi) is 4.46. The Morgan fingerprint density at radius 2 is 2.26 bits per heavy atom. The molecule has 0 fully saturated rings. The SMILES string of the molecule is CCCc1cc(C(=O)Nc2nccs2)cc(NC)n1. The van der Waals surface area contributed by atoms with E-state index in [0.717, 1.165) is 18.5 Å². The fraction of sp³-hybridized carbons (Fsp3) is 0.308. The number of carbonyl (C=O) groups is 1. The van der Waals surface area contributed by atoms with Gasteiger partial charge in [-0.05, 0) is 18.6 Å². The number of anilines is 2. The van der Waals surface area contributed by atoms with Crippen LogP contribution >= 0.6 is 11.3 Å². The van der Waals surface area contributed by atoms with E-state index >= 15 is 0 Å². The molecule has 0 aliphatic carbocycles. The molecular formula is C13H16N4OS. The van der Waals surface area contributed by atoms with E-state index in [2.05, 4.69) is 27.5 Å². The molecule has 6 heteroatoms. The molecule has 0 aliphatic heterocycles. The molecule has 0 spiro atoms. The highest BCUT2D eigenvalue weighted by molar-refractivity contribution is 7.13. The number of pyridine rings is 1. The summed E-state index contributed by atoms with van der Waals surface area (Å²) in [6.07, 6.45) is 3.51. The van der Waals surface area contributed by atoms with Crippen LogP contribution in [0.2, 0.25) is 0 Å². The minimum atomic E-state index is -0.161. The van der Waals surface area contributed by atoms with E-state index in [4.69, 9.17) is 0 Å². The van der Waals surface area contributed by atoms with Crippen molar-refractivity contribution in [2.45, 2.75) is 19.8 Å². The van der Waals surface area contributed by atoms with Gasteiger partial charge in [-0.3, -0.25) is 10.1 Å². The fourth-order valence-corrected chi connectivity index (χ4v) is 2.21. The first-order chi connectivity index (χ1) is 9.22. The average molecular weight is 276 g/mol. The molecule has 2 aromatic heterocycles. The van der Waals surface area contributed by atoms with Gasteiger partial charge in [-0.2, -0.15) is 0 Å². The van der Waals surface area contributed by atoms with Crippen LogP contribution in [0.15, 0.2) is 23.7 Å². The van der Waals surface area contributed by atoms with Crippen molar-refractivity contribution >= 4 is 28.2 Å². The number of carbonyl (C=O) groups excluding carboxylic acids is 1. The number of nitrogens with one attached hydrogen (secondary N) is 2. The van der Waals surface area contributed by atoms with Gasteiger partial charge in [0.15, 0.2) is 5.13 Å². The Morgan fingerprint density at radius 1 is 1.42 bits per heavy atom. The fourth-order valence-electron chi connectivity index (χ4n) is 1.69. The van der Waals surface area contributed by atoms with Crippen LogP contribution in [0.25, 0.3) is 0 Å². The van der Waals surface area contributed by atoms with E-state index in [0.29, 0.717) is 16.5 Å². The number of thiazole rings is 1. The number of rotatable bonds is 5. The van der Waals surface area contributed by atoms with E-state index in [-0.39, 0.29) is 5.91 Å². The van der Waals surface area contributed by atoms with Crippen LogP contribution in [0.5, 0.6) is 0 Å². The Labute approximate surface area is 116 Å². The monoisotopic (exact) mass is 276 g/mol. The van der Waals surface area contributed by atoms with Crippen molar-refractivity contribution in [3.8, 4) is 0 Å². The van der Waals surface area contributed by atoms with Gasteiger partial charge in [0.1, 0.15) is 5.82 Å². The zero-order valence-electron chi connectivity index (χ0n) is 10.9. The van der Waals surface area contributed by atoms with Crippen molar-refractivity contribution in [1.29, 1.82) is 0 Å². The zero-order valence-corrected chi connectivity index (χ0v) is 11.8. The summed E-state index contributed by atoms with van der Waals surface area (Å²) in [5.74, 6) is 0.543. The summed E-state index contributed by atoms with van der Waals surface area (Å²) in [6.45, 7) is 2.09. The molecule has 100 valence electrons. The smallest absolute Gasteiger partial charge is 0.257 e. The largest absolute Gasteiger partial charge is 0.373 e. The van der Waals surface area contributed by atoms with Gasteiger partial charge >= 0.3 is 0 Å². The lowest BCUT2D eigenvalue weighted by Crippen LogP contribution is -2.13. The molecule has 1 amide bonds. The standard InChI is InChI=1S/C13H16N4OS/c1-3-4-10-7-9(8-11(14-2)16-10)12(18)17-13-15-5-6-19-13/h5-8H,3-4H2,1-2H3,(H,14,16)(H,15,17,18). The van der Waals surface area contributed by atoms with Gasteiger partial charge in [-0.1, -0.05) is 13.3 Å². The second-order valence-electron chi connectivity index (χ2n) is 4.02. The number of nitrogens with zero attached hydrogens (tertiary/aromatic N) is 2. The van der Waals surface area contributed by atoms with E-state index in [9.17, 15) is 4.79 Å². The van der Waals surface area contributed by atoms with Gasteiger partial charge < -0.3 is 5.32 Å². The van der Waals surface area contributed by atoms with Gasteiger partial charge in [0, 0.05) is 29.9 Å². The Balaban J connectivity index is 2.22. The van der Waals surface area contributed by atoms with E-state index in [1.807, 2.05) is 11.4 Å². The van der Waals surface area contributed by atoms with Crippen LogP contribution in [0, 0.1) is 0 Å². The maximum Gasteiger partial charge on any atom is 0.257 e. The Hall–Kier alpha value is -1.95. The molecule has 0 atom stereocenters. The van der Waals surface area contributed by atoms with Gasteiger partial charge in [0.05, 0.1) is 0 Å². The van der Waals surface area contributed by atoms with Gasteiger partial charge in [0.2, 0.25) is 0 Å². The third-order valence-corrected chi connectivity index (χ3v) is 3.24. The topological polar surface area (TPSA) is 66.9 Å². The van der Waals surface area contributed by atoms with Crippen molar-refractivity contribution in [2.75, 3.05) is 17.7 Å². The number of aromatic nitrogens is 2. The Morgan fingerprint density at radius 3 is 2.89 bits per heavy atom.